The van der Waals surface area contributed by atoms with E-state index < -0.39 is 6.04 Å². The van der Waals surface area contributed by atoms with Crippen molar-refractivity contribution < 1.29 is 14.0 Å². The number of carbonyl (C=O) groups is 2. The van der Waals surface area contributed by atoms with E-state index in [1.165, 1.54) is 12.1 Å². The summed E-state index contributed by atoms with van der Waals surface area (Å²) >= 11 is 6.33. The number of halogens is 2. The highest BCUT2D eigenvalue weighted by Gasteiger charge is 2.25. The molecular weight excluding hydrogens is 381 g/mol. The normalized spacial score (nSPS) is 16.4. The number of para-hydroxylation sites is 1. The zero-order valence-electron chi connectivity index (χ0n) is 15.0. The third-order valence-electron chi connectivity index (χ3n) is 5.01. The van der Waals surface area contributed by atoms with E-state index in [-0.39, 0.29) is 24.1 Å². The number of fused-ring (bicyclic) bond motifs is 1. The quantitative estimate of drug-likeness (QED) is 0.613. The molecule has 2 amide bonds. The average molecular weight is 400 g/mol. The lowest BCUT2D eigenvalue weighted by Crippen LogP contribution is -2.40. The predicted octanol–water partition coefficient (Wildman–Crippen LogP) is 3.56. The highest BCUT2D eigenvalue weighted by atomic mass is 35.5. The van der Waals surface area contributed by atoms with Crippen LogP contribution in [0.1, 0.15) is 18.4 Å². The minimum atomic E-state index is -0.457. The summed E-state index contributed by atoms with van der Waals surface area (Å²) in [4.78, 5) is 27.3. The van der Waals surface area contributed by atoms with E-state index in [1.54, 1.807) is 18.2 Å². The Morgan fingerprint density at radius 1 is 1.21 bits per heavy atom. The van der Waals surface area contributed by atoms with Crippen molar-refractivity contribution in [2.24, 2.45) is 0 Å². The van der Waals surface area contributed by atoms with E-state index in [0.29, 0.717) is 24.4 Å². The first kappa shape index (κ1) is 18.5. The maximum absolute atomic E-state index is 13.3. The number of H-pyrrole nitrogens is 1. The summed E-state index contributed by atoms with van der Waals surface area (Å²) in [5.74, 6) is -0.628. The summed E-state index contributed by atoms with van der Waals surface area (Å²) in [6.45, 7) is 0.583. The highest BCUT2D eigenvalue weighted by molar-refractivity contribution is 6.35. The molecule has 1 aliphatic heterocycles. The molecule has 3 N–H and O–H groups in total. The van der Waals surface area contributed by atoms with Crippen LogP contribution in [0.25, 0.3) is 22.2 Å². The number of amides is 2. The van der Waals surface area contributed by atoms with Gasteiger partial charge in [-0.2, -0.15) is 0 Å². The van der Waals surface area contributed by atoms with E-state index in [4.69, 9.17) is 11.6 Å². The second-order valence-electron chi connectivity index (χ2n) is 6.85. The number of aromatic amines is 1. The molecule has 3 aromatic rings. The molecule has 0 unspecified atom stereocenters. The molecule has 1 fully saturated rings. The number of hydrogen-bond acceptors (Lipinski definition) is 2. The van der Waals surface area contributed by atoms with Gasteiger partial charge in [0.2, 0.25) is 11.8 Å². The van der Waals surface area contributed by atoms with Gasteiger partial charge in [0.15, 0.2) is 0 Å². The van der Waals surface area contributed by atoms with E-state index in [2.05, 4.69) is 15.6 Å². The van der Waals surface area contributed by atoms with Gasteiger partial charge in [0.1, 0.15) is 11.9 Å². The molecule has 1 aromatic heterocycles. The largest absolute Gasteiger partial charge is 0.354 e. The summed E-state index contributed by atoms with van der Waals surface area (Å²) in [6.07, 6.45) is 1.30. The van der Waals surface area contributed by atoms with Crippen LogP contribution >= 0.6 is 11.6 Å². The molecule has 28 heavy (non-hydrogen) atoms. The molecule has 1 saturated heterocycles. The fourth-order valence-corrected chi connectivity index (χ4v) is 3.82. The van der Waals surface area contributed by atoms with Crippen molar-refractivity contribution in [3.8, 4) is 11.3 Å². The van der Waals surface area contributed by atoms with Crippen molar-refractivity contribution in [1.82, 2.24) is 15.6 Å². The zero-order chi connectivity index (χ0) is 19.7. The number of benzene rings is 2. The SMILES string of the molecule is O=C(CCc1c(-c2ccc(F)cc2)[nH]c2c(Cl)cccc12)N[C@H]1CCNC1=O. The molecule has 2 heterocycles. The molecule has 0 spiro atoms. The van der Waals surface area contributed by atoms with Crippen LogP contribution in [0.3, 0.4) is 0 Å². The Labute approximate surface area is 166 Å². The Kier molecular flexibility index (Phi) is 5.05. The second kappa shape index (κ2) is 7.64. The fourth-order valence-electron chi connectivity index (χ4n) is 3.60. The van der Waals surface area contributed by atoms with Crippen LogP contribution in [0, 0.1) is 5.82 Å². The van der Waals surface area contributed by atoms with Gasteiger partial charge in [-0.1, -0.05) is 23.7 Å². The third kappa shape index (κ3) is 3.60. The van der Waals surface area contributed by atoms with Crippen molar-refractivity contribution >= 4 is 34.3 Å². The molecule has 7 heteroatoms. The van der Waals surface area contributed by atoms with E-state index in [9.17, 15) is 14.0 Å². The monoisotopic (exact) mass is 399 g/mol. The van der Waals surface area contributed by atoms with Gasteiger partial charge < -0.3 is 15.6 Å². The summed E-state index contributed by atoms with van der Waals surface area (Å²) in [6, 6.07) is 11.3. The molecule has 1 aliphatic rings. The van der Waals surface area contributed by atoms with Crippen molar-refractivity contribution in [2.75, 3.05) is 6.54 Å². The molecule has 0 aliphatic carbocycles. The number of aromatic nitrogens is 1. The first-order valence-electron chi connectivity index (χ1n) is 9.15. The Morgan fingerprint density at radius 2 is 2.00 bits per heavy atom. The van der Waals surface area contributed by atoms with E-state index in [1.807, 2.05) is 12.1 Å². The van der Waals surface area contributed by atoms with Crippen LogP contribution in [0.4, 0.5) is 4.39 Å². The summed E-state index contributed by atoms with van der Waals surface area (Å²) in [5, 5.41) is 7.00. The fraction of sp³-hybridized carbons (Fsp3) is 0.238. The predicted molar refractivity (Wildman–Crippen MR) is 107 cm³/mol. The maximum Gasteiger partial charge on any atom is 0.242 e. The van der Waals surface area contributed by atoms with Crippen LogP contribution < -0.4 is 10.6 Å². The van der Waals surface area contributed by atoms with Crippen LogP contribution in [0.15, 0.2) is 42.5 Å². The second-order valence-corrected chi connectivity index (χ2v) is 7.25. The lowest BCUT2D eigenvalue weighted by molar-refractivity contribution is -0.127. The number of carbonyl (C=O) groups excluding carboxylic acids is 2. The number of hydrogen-bond donors (Lipinski definition) is 3. The lowest BCUT2D eigenvalue weighted by Gasteiger charge is -2.10. The molecule has 144 valence electrons. The van der Waals surface area contributed by atoms with Gasteiger partial charge in [-0.3, -0.25) is 9.59 Å². The van der Waals surface area contributed by atoms with Gasteiger partial charge >= 0.3 is 0 Å². The highest BCUT2D eigenvalue weighted by Crippen LogP contribution is 2.34. The topological polar surface area (TPSA) is 74.0 Å². The van der Waals surface area contributed by atoms with Crippen molar-refractivity contribution in [3.63, 3.8) is 0 Å². The molecular formula is C21H19ClFN3O2. The van der Waals surface area contributed by atoms with Gasteiger partial charge in [0, 0.05) is 24.0 Å². The summed E-state index contributed by atoms with van der Waals surface area (Å²) in [7, 11) is 0. The van der Waals surface area contributed by atoms with Gasteiger partial charge in [-0.15, -0.1) is 0 Å². The number of rotatable bonds is 5. The van der Waals surface area contributed by atoms with Crippen molar-refractivity contribution in [2.45, 2.75) is 25.3 Å². The number of nitrogens with one attached hydrogen (secondary N) is 3. The molecule has 1 atom stereocenters. The number of aryl methyl sites for hydroxylation is 1. The molecule has 2 aromatic carbocycles. The minimum Gasteiger partial charge on any atom is -0.354 e. The van der Waals surface area contributed by atoms with Gasteiger partial charge in [-0.25, -0.2) is 4.39 Å². The maximum atomic E-state index is 13.3. The standard InChI is InChI=1S/C21H19ClFN3O2/c22-16-3-1-2-14-15(8-9-18(27)25-17-10-11-24-21(17)28)19(26-20(14)16)12-4-6-13(23)7-5-12/h1-7,17,26H,8-11H2,(H,24,28)(H,25,27)/t17-/m0/s1. The van der Waals surface area contributed by atoms with Crippen molar-refractivity contribution in [3.05, 3.63) is 58.9 Å². The van der Waals surface area contributed by atoms with Gasteiger partial charge in [-0.05, 0) is 54.3 Å². The summed E-state index contributed by atoms with van der Waals surface area (Å²) < 4.78 is 13.3. The Balaban J connectivity index is 1.62. The Morgan fingerprint density at radius 3 is 2.71 bits per heavy atom. The molecule has 0 bridgehead atoms. The summed E-state index contributed by atoms with van der Waals surface area (Å²) in [5.41, 5.74) is 3.36. The minimum absolute atomic E-state index is 0.140. The molecule has 4 rings (SSSR count). The van der Waals surface area contributed by atoms with Crippen molar-refractivity contribution in [1.29, 1.82) is 0 Å². The lowest BCUT2D eigenvalue weighted by atomic mass is 10.0. The van der Waals surface area contributed by atoms with Crippen LogP contribution in [0.2, 0.25) is 5.02 Å². The van der Waals surface area contributed by atoms with Gasteiger partial charge in [0.05, 0.1) is 10.5 Å². The van der Waals surface area contributed by atoms with E-state index in [0.717, 1.165) is 27.7 Å². The van der Waals surface area contributed by atoms with Gasteiger partial charge in [0.25, 0.3) is 0 Å². The third-order valence-corrected chi connectivity index (χ3v) is 5.32. The Bertz CT molecular complexity index is 1050. The van der Waals surface area contributed by atoms with Crippen LogP contribution in [-0.4, -0.2) is 29.4 Å². The van der Waals surface area contributed by atoms with Crippen LogP contribution in [0.5, 0.6) is 0 Å². The first-order chi connectivity index (χ1) is 13.5. The molecule has 5 nitrogen and oxygen atoms in total. The average Bonchev–Trinajstić information content (AvgIpc) is 3.25. The smallest absolute Gasteiger partial charge is 0.242 e. The zero-order valence-corrected chi connectivity index (χ0v) is 15.8. The van der Waals surface area contributed by atoms with E-state index >= 15 is 0 Å². The van der Waals surface area contributed by atoms with Crippen LogP contribution in [-0.2, 0) is 16.0 Å². The molecule has 0 saturated carbocycles. The molecule has 0 radical (unpaired) electrons. The first-order valence-corrected chi connectivity index (χ1v) is 9.53. The Hall–Kier alpha value is -2.86.